The lowest BCUT2D eigenvalue weighted by molar-refractivity contribution is 0.159. The van der Waals surface area contributed by atoms with Crippen LogP contribution in [0.3, 0.4) is 0 Å². The van der Waals surface area contributed by atoms with Crippen molar-refractivity contribution in [2.24, 2.45) is 5.92 Å². The van der Waals surface area contributed by atoms with Gasteiger partial charge in [0.2, 0.25) is 11.7 Å². The van der Waals surface area contributed by atoms with Crippen LogP contribution >= 0.6 is 0 Å². The number of nitrogens with zero attached hydrogens (tertiary/aromatic N) is 4. The highest BCUT2D eigenvalue weighted by Crippen LogP contribution is 2.19. The Morgan fingerprint density at radius 3 is 2.90 bits per heavy atom. The van der Waals surface area contributed by atoms with Crippen LogP contribution in [0, 0.1) is 5.92 Å². The predicted molar refractivity (Wildman–Crippen MR) is 79.5 cm³/mol. The molecule has 0 amide bonds. The molecule has 112 valence electrons. The van der Waals surface area contributed by atoms with Gasteiger partial charge in [0, 0.05) is 6.20 Å². The first kappa shape index (κ1) is 14.2. The predicted octanol–water partition coefficient (Wildman–Crippen LogP) is 1.56. The normalized spacial score (nSPS) is 17.2. The molecule has 0 aliphatic carbocycles. The Kier molecular flexibility index (Phi) is 4.57. The number of piperidine rings is 1. The summed E-state index contributed by atoms with van der Waals surface area (Å²) in [7, 11) is 2.02. The first-order valence-corrected chi connectivity index (χ1v) is 7.46. The molecule has 1 aliphatic rings. The summed E-state index contributed by atoms with van der Waals surface area (Å²) in [5.41, 5.74) is 0.750. The Morgan fingerprint density at radius 2 is 2.19 bits per heavy atom. The van der Waals surface area contributed by atoms with E-state index in [1.165, 1.54) is 12.8 Å². The number of aromatic nitrogens is 3. The second-order valence-corrected chi connectivity index (χ2v) is 5.50. The minimum absolute atomic E-state index is 0.565. The molecular weight excluding hydrogens is 266 g/mol. The summed E-state index contributed by atoms with van der Waals surface area (Å²) in [5.74, 6) is 2.02. The van der Waals surface area contributed by atoms with Crippen LogP contribution in [0.15, 0.2) is 28.9 Å². The Hall–Kier alpha value is -1.79. The van der Waals surface area contributed by atoms with Crippen molar-refractivity contribution in [3.63, 3.8) is 0 Å². The van der Waals surface area contributed by atoms with E-state index in [-0.39, 0.29) is 0 Å². The van der Waals surface area contributed by atoms with E-state index in [1.54, 1.807) is 6.20 Å². The number of pyridine rings is 1. The van der Waals surface area contributed by atoms with Crippen LogP contribution < -0.4 is 5.32 Å². The van der Waals surface area contributed by atoms with Gasteiger partial charge in [-0.15, -0.1) is 0 Å². The van der Waals surface area contributed by atoms with Crippen LogP contribution in [-0.2, 0) is 6.54 Å². The highest BCUT2D eigenvalue weighted by Gasteiger charge is 2.20. The molecule has 0 unspecified atom stereocenters. The van der Waals surface area contributed by atoms with E-state index in [4.69, 9.17) is 4.52 Å². The molecule has 1 saturated heterocycles. The highest BCUT2D eigenvalue weighted by atomic mass is 16.5. The maximum Gasteiger partial charge on any atom is 0.241 e. The molecule has 0 atom stereocenters. The maximum atomic E-state index is 5.34. The zero-order valence-corrected chi connectivity index (χ0v) is 12.3. The Labute approximate surface area is 124 Å². The summed E-state index contributed by atoms with van der Waals surface area (Å²) in [5, 5.41) is 7.27. The smallest absolute Gasteiger partial charge is 0.241 e. The summed E-state index contributed by atoms with van der Waals surface area (Å²) in [6.45, 7) is 4.02. The van der Waals surface area contributed by atoms with Crippen LogP contribution in [0.1, 0.15) is 18.7 Å². The molecule has 3 heterocycles. The number of rotatable bonds is 5. The topological polar surface area (TPSA) is 67.1 Å². The standard InChI is InChI=1S/C15H21N5O/c1-16-10-12-5-8-20(9-6-12)11-14-18-15(19-21-14)13-4-2-3-7-17-13/h2-4,7,12,16H,5-6,8-11H2,1H3. The summed E-state index contributed by atoms with van der Waals surface area (Å²) in [6, 6.07) is 5.68. The third-order valence-electron chi connectivity index (χ3n) is 3.92. The summed E-state index contributed by atoms with van der Waals surface area (Å²) >= 11 is 0. The third kappa shape index (κ3) is 3.65. The van der Waals surface area contributed by atoms with Gasteiger partial charge in [0.15, 0.2) is 0 Å². The monoisotopic (exact) mass is 287 g/mol. The van der Waals surface area contributed by atoms with Gasteiger partial charge in [-0.2, -0.15) is 4.98 Å². The van der Waals surface area contributed by atoms with E-state index < -0.39 is 0 Å². The third-order valence-corrected chi connectivity index (χ3v) is 3.92. The molecular formula is C15H21N5O. The summed E-state index contributed by atoms with van der Waals surface area (Å²) in [4.78, 5) is 11.0. The fraction of sp³-hybridized carbons (Fsp3) is 0.533. The van der Waals surface area contributed by atoms with Crippen LogP contribution in [0.4, 0.5) is 0 Å². The Morgan fingerprint density at radius 1 is 1.33 bits per heavy atom. The van der Waals surface area contributed by atoms with Gasteiger partial charge in [-0.25, -0.2) is 0 Å². The molecule has 1 fully saturated rings. The van der Waals surface area contributed by atoms with Crippen LogP contribution in [-0.4, -0.2) is 46.7 Å². The minimum atomic E-state index is 0.565. The van der Waals surface area contributed by atoms with E-state index in [0.717, 1.165) is 37.8 Å². The van der Waals surface area contributed by atoms with Gasteiger partial charge >= 0.3 is 0 Å². The molecule has 1 aliphatic heterocycles. The average molecular weight is 287 g/mol. The van der Waals surface area contributed by atoms with Crippen molar-refractivity contribution in [3.8, 4) is 11.5 Å². The SMILES string of the molecule is CNCC1CCN(Cc2nc(-c3ccccn3)no2)CC1. The number of likely N-dealkylation sites (tertiary alicyclic amines) is 1. The molecule has 6 nitrogen and oxygen atoms in total. The number of nitrogens with one attached hydrogen (secondary N) is 1. The second kappa shape index (κ2) is 6.78. The quantitative estimate of drug-likeness (QED) is 0.900. The average Bonchev–Trinajstić information content (AvgIpc) is 2.99. The molecule has 21 heavy (non-hydrogen) atoms. The number of hydrogen-bond donors (Lipinski definition) is 1. The van der Waals surface area contributed by atoms with Gasteiger partial charge in [0.25, 0.3) is 0 Å². The molecule has 0 radical (unpaired) electrons. The summed E-state index contributed by atoms with van der Waals surface area (Å²) < 4.78 is 5.34. The van der Waals surface area contributed by atoms with E-state index >= 15 is 0 Å². The molecule has 0 aromatic carbocycles. The van der Waals surface area contributed by atoms with E-state index in [9.17, 15) is 0 Å². The van der Waals surface area contributed by atoms with E-state index in [0.29, 0.717) is 11.7 Å². The molecule has 0 saturated carbocycles. The van der Waals surface area contributed by atoms with Crippen molar-refractivity contribution >= 4 is 0 Å². The van der Waals surface area contributed by atoms with Crippen LogP contribution in [0.2, 0.25) is 0 Å². The van der Waals surface area contributed by atoms with Crippen molar-refractivity contribution in [1.29, 1.82) is 0 Å². The van der Waals surface area contributed by atoms with Gasteiger partial charge in [-0.05, 0) is 57.6 Å². The largest absolute Gasteiger partial charge is 0.337 e. The lowest BCUT2D eigenvalue weighted by atomic mass is 9.97. The number of hydrogen-bond acceptors (Lipinski definition) is 6. The molecule has 0 spiro atoms. The lowest BCUT2D eigenvalue weighted by Crippen LogP contribution is -2.36. The fourth-order valence-electron chi connectivity index (χ4n) is 2.75. The van der Waals surface area contributed by atoms with Gasteiger partial charge in [0.1, 0.15) is 5.69 Å². The maximum absolute atomic E-state index is 5.34. The molecule has 2 aromatic rings. The van der Waals surface area contributed by atoms with Crippen molar-refractivity contribution < 1.29 is 4.52 Å². The van der Waals surface area contributed by atoms with Crippen LogP contribution in [0.25, 0.3) is 11.5 Å². The van der Waals surface area contributed by atoms with Gasteiger partial charge < -0.3 is 9.84 Å². The molecule has 2 aromatic heterocycles. The van der Waals surface area contributed by atoms with Gasteiger partial charge in [-0.1, -0.05) is 11.2 Å². The molecule has 3 rings (SSSR count). The zero-order valence-electron chi connectivity index (χ0n) is 12.3. The van der Waals surface area contributed by atoms with Crippen molar-refractivity contribution in [1.82, 2.24) is 25.3 Å². The Bertz CT molecular complexity index is 548. The highest BCUT2D eigenvalue weighted by molar-refractivity contribution is 5.46. The van der Waals surface area contributed by atoms with E-state index in [1.807, 2.05) is 25.2 Å². The minimum Gasteiger partial charge on any atom is -0.337 e. The van der Waals surface area contributed by atoms with Gasteiger partial charge in [-0.3, -0.25) is 9.88 Å². The van der Waals surface area contributed by atoms with Crippen LogP contribution in [0.5, 0.6) is 0 Å². The molecule has 6 heteroatoms. The summed E-state index contributed by atoms with van der Waals surface area (Å²) in [6.07, 6.45) is 4.18. The Balaban J connectivity index is 1.56. The first-order chi connectivity index (χ1) is 10.3. The van der Waals surface area contributed by atoms with Crippen molar-refractivity contribution in [2.75, 3.05) is 26.7 Å². The van der Waals surface area contributed by atoms with E-state index in [2.05, 4.69) is 25.3 Å². The fourth-order valence-corrected chi connectivity index (χ4v) is 2.75. The van der Waals surface area contributed by atoms with Crippen molar-refractivity contribution in [2.45, 2.75) is 19.4 Å². The lowest BCUT2D eigenvalue weighted by Gasteiger charge is -2.30. The molecule has 1 N–H and O–H groups in total. The van der Waals surface area contributed by atoms with Crippen molar-refractivity contribution in [3.05, 3.63) is 30.3 Å². The van der Waals surface area contributed by atoms with Gasteiger partial charge in [0.05, 0.1) is 6.54 Å². The zero-order chi connectivity index (χ0) is 14.5. The molecule has 0 bridgehead atoms. The second-order valence-electron chi connectivity index (χ2n) is 5.50. The first-order valence-electron chi connectivity index (χ1n) is 7.46.